The van der Waals surface area contributed by atoms with Crippen LogP contribution in [0.2, 0.25) is 0 Å². The minimum atomic E-state index is -0.786. The summed E-state index contributed by atoms with van der Waals surface area (Å²) in [5.41, 5.74) is 1.96. The lowest BCUT2D eigenvalue weighted by atomic mass is 9.99. The van der Waals surface area contributed by atoms with Crippen LogP contribution in [0.5, 0.6) is 0 Å². The van der Waals surface area contributed by atoms with Crippen molar-refractivity contribution in [3.63, 3.8) is 0 Å². The molecule has 1 unspecified atom stereocenters. The Kier molecular flexibility index (Phi) is 3.65. The molecule has 14 heavy (non-hydrogen) atoms. The summed E-state index contributed by atoms with van der Waals surface area (Å²) in [7, 11) is 1.87. The van der Waals surface area contributed by atoms with Gasteiger partial charge in [0.15, 0.2) is 0 Å². The SMILES string of the molecule is CNCc1cccc(C(C)C(=O)O)c1. The number of aliphatic carboxylic acids is 1. The summed E-state index contributed by atoms with van der Waals surface area (Å²) in [5, 5.41) is 11.9. The first-order valence-corrected chi connectivity index (χ1v) is 4.61. The van der Waals surface area contributed by atoms with E-state index in [1.807, 2.05) is 31.3 Å². The minimum absolute atomic E-state index is 0.438. The van der Waals surface area contributed by atoms with Crippen molar-refractivity contribution < 1.29 is 9.90 Å². The van der Waals surface area contributed by atoms with Crippen molar-refractivity contribution in [3.8, 4) is 0 Å². The van der Waals surface area contributed by atoms with Crippen LogP contribution in [-0.4, -0.2) is 18.1 Å². The van der Waals surface area contributed by atoms with Crippen LogP contribution in [0, 0.1) is 0 Å². The van der Waals surface area contributed by atoms with Gasteiger partial charge < -0.3 is 10.4 Å². The molecule has 0 aliphatic carbocycles. The summed E-state index contributed by atoms with van der Waals surface area (Å²) < 4.78 is 0. The lowest BCUT2D eigenvalue weighted by molar-refractivity contribution is -0.138. The van der Waals surface area contributed by atoms with E-state index in [1.165, 1.54) is 0 Å². The number of benzene rings is 1. The van der Waals surface area contributed by atoms with Crippen LogP contribution in [0.4, 0.5) is 0 Å². The Balaban J connectivity index is 2.87. The third-order valence-electron chi connectivity index (χ3n) is 2.20. The zero-order valence-corrected chi connectivity index (χ0v) is 8.45. The second kappa shape index (κ2) is 4.77. The Morgan fingerprint density at radius 1 is 1.57 bits per heavy atom. The van der Waals surface area contributed by atoms with E-state index in [2.05, 4.69) is 5.32 Å². The molecule has 0 heterocycles. The molecule has 1 aromatic rings. The van der Waals surface area contributed by atoms with Crippen molar-refractivity contribution in [2.45, 2.75) is 19.4 Å². The quantitative estimate of drug-likeness (QED) is 0.763. The van der Waals surface area contributed by atoms with Crippen LogP contribution in [0.25, 0.3) is 0 Å². The maximum Gasteiger partial charge on any atom is 0.310 e. The molecule has 3 heteroatoms. The van der Waals surface area contributed by atoms with Gasteiger partial charge in [0.05, 0.1) is 5.92 Å². The average molecular weight is 193 g/mol. The van der Waals surface area contributed by atoms with Gasteiger partial charge in [-0.25, -0.2) is 0 Å². The summed E-state index contributed by atoms with van der Waals surface area (Å²) >= 11 is 0. The summed E-state index contributed by atoms with van der Waals surface area (Å²) in [6, 6.07) is 7.64. The number of carboxylic acid groups (broad SMARTS) is 1. The molecule has 1 aromatic carbocycles. The van der Waals surface area contributed by atoms with Gasteiger partial charge in [-0.15, -0.1) is 0 Å². The van der Waals surface area contributed by atoms with E-state index in [4.69, 9.17) is 5.11 Å². The van der Waals surface area contributed by atoms with Gasteiger partial charge in [-0.05, 0) is 25.1 Å². The molecule has 76 valence electrons. The maximum atomic E-state index is 10.8. The number of nitrogens with one attached hydrogen (secondary N) is 1. The third-order valence-corrected chi connectivity index (χ3v) is 2.20. The van der Waals surface area contributed by atoms with E-state index in [0.29, 0.717) is 0 Å². The smallest absolute Gasteiger partial charge is 0.310 e. The normalized spacial score (nSPS) is 12.4. The Hall–Kier alpha value is -1.35. The minimum Gasteiger partial charge on any atom is -0.481 e. The van der Waals surface area contributed by atoms with E-state index < -0.39 is 11.9 Å². The standard InChI is InChI=1S/C11H15NO2/c1-8(11(13)14)10-5-3-4-9(6-10)7-12-2/h3-6,8,12H,7H2,1-2H3,(H,13,14). The van der Waals surface area contributed by atoms with Gasteiger partial charge in [0, 0.05) is 6.54 Å². The first kappa shape index (κ1) is 10.7. The summed E-state index contributed by atoms with van der Waals surface area (Å²) in [6.07, 6.45) is 0. The molecule has 0 radical (unpaired) electrons. The topological polar surface area (TPSA) is 49.3 Å². The molecular formula is C11H15NO2. The second-order valence-electron chi connectivity index (χ2n) is 3.34. The number of carboxylic acids is 1. The molecular weight excluding hydrogens is 178 g/mol. The lowest BCUT2D eigenvalue weighted by Gasteiger charge is -2.08. The van der Waals surface area contributed by atoms with Crippen molar-refractivity contribution in [1.82, 2.24) is 5.32 Å². The fraction of sp³-hybridized carbons (Fsp3) is 0.364. The highest BCUT2D eigenvalue weighted by Crippen LogP contribution is 2.16. The van der Waals surface area contributed by atoms with E-state index >= 15 is 0 Å². The van der Waals surface area contributed by atoms with Gasteiger partial charge in [0.2, 0.25) is 0 Å². The van der Waals surface area contributed by atoms with Gasteiger partial charge in [-0.3, -0.25) is 4.79 Å². The Bertz CT molecular complexity index is 323. The molecule has 0 bridgehead atoms. The van der Waals surface area contributed by atoms with Crippen molar-refractivity contribution in [2.75, 3.05) is 7.05 Å². The second-order valence-corrected chi connectivity index (χ2v) is 3.34. The van der Waals surface area contributed by atoms with Gasteiger partial charge in [-0.1, -0.05) is 24.3 Å². The summed E-state index contributed by atoms with van der Waals surface area (Å²) in [6.45, 7) is 2.46. The molecule has 0 aliphatic rings. The molecule has 0 spiro atoms. The van der Waals surface area contributed by atoms with Crippen LogP contribution in [0.1, 0.15) is 24.0 Å². The molecule has 0 amide bonds. The summed E-state index contributed by atoms with van der Waals surface area (Å²) in [5.74, 6) is -1.22. The fourth-order valence-electron chi connectivity index (χ4n) is 1.32. The molecule has 0 saturated heterocycles. The van der Waals surface area contributed by atoms with E-state index in [9.17, 15) is 4.79 Å². The first-order chi connectivity index (χ1) is 6.65. The van der Waals surface area contributed by atoms with Crippen LogP contribution in [0.3, 0.4) is 0 Å². The largest absolute Gasteiger partial charge is 0.481 e. The predicted molar refractivity (Wildman–Crippen MR) is 55.3 cm³/mol. The molecule has 0 aromatic heterocycles. The zero-order chi connectivity index (χ0) is 10.6. The van der Waals surface area contributed by atoms with Gasteiger partial charge in [0.1, 0.15) is 0 Å². The molecule has 1 atom stereocenters. The molecule has 0 aliphatic heterocycles. The predicted octanol–water partition coefficient (Wildman–Crippen LogP) is 1.59. The zero-order valence-electron chi connectivity index (χ0n) is 8.45. The molecule has 1 rings (SSSR count). The fourth-order valence-corrected chi connectivity index (χ4v) is 1.32. The van der Waals surface area contributed by atoms with E-state index in [0.717, 1.165) is 17.7 Å². The first-order valence-electron chi connectivity index (χ1n) is 4.61. The highest BCUT2D eigenvalue weighted by atomic mass is 16.4. The van der Waals surface area contributed by atoms with Crippen molar-refractivity contribution >= 4 is 5.97 Å². The van der Waals surface area contributed by atoms with Crippen LogP contribution in [0.15, 0.2) is 24.3 Å². The molecule has 0 saturated carbocycles. The number of rotatable bonds is 4. The van der Waals surface area contributed by atoms with Gasteiger partial charge in [0.25, 0.3) is 0 Å². The monoisotopic (exact) mass is 193 g/mol. The highest BCUT2D eigenvalue weighted by Gasteiger charge is 2.13. The maximum absolute atomic E-state index is 10.8. The van der Waals surface area contributed by atoms with Crippen molar-refractivity contribution in [1.29, 1.82) is 0 Å². The molecule has 0 fully saturated rings. The van der Waals surface area contributed by atoms with Crippen molar-refractivity contribution in [3.05, 3.63) is 35.4 Å². The van der Waals surface area contributed by atoms with E-state index in [1.54, 1.807) is 6.92 Å². The lowest BCUT2D eigenvalue weighted by Crippen LogP contribution is -2.09. The Morgan fingerprint density at radius 3 is 2.86 bits per heavy atom. The number of carbonyl (C=O) groups is 1. The number of hydrogen-bond acceptors (Lipinski definition) is 2. The van der Waals surface area contributed by atoms with Crippen LogP contribution < -0.4 is 5.32 Å². The van der Waals surface area contributed by atoms with Crippen LogP contribution in [-0.2, 0) is 11.3 Å². The molecule has 3 nitrogen and oxygen atoms in total. The Morgan fingerprint density at radius 2 is 2.29 bits per heavy atom. The molecule has 2 N–H and O–H groups in total. The van der Waals surface area contributed by atoms with E-state index in [-0.39, 0.29) is 0 Å². The van der Waals surface area contributed by atoms with Crippen LogP contribution >= 0.6 is 0 Å². The number of hydrogen-bond donors (Lipinski definition) is 2. The Labute approximate surface area is 83.8 Å². The van der Waals surface area contributed by atoms with Crippen molar-refractivity contribution in [2.24, 2.45) is 0 Å². The van der Waals surface area contributed by atoms with Gasteiger partial charge >= 0.3 is 5.97 Å². The van der Waals surface area contributed by atoms with Gasteiger partial charge in [-0.2, -0.15) is 0 Å². The third kappa shape index (κ3) is 2.57. The highest BCUT2D eigenvalue weighted by molar-refractivity contribution is 5.75. The average Bonchev–Trinajstić information content (AvgIpc) is 2.17. The summed E-state index contributed by atoms with van der Waals surface area (Å²) in [4.78, 5) is 10.8.